The second-order valence-electron chi connectivity index (χ2n) is 6.92. The lowest BCUT2D eigenvalue weighted by molar-refractivity contribution is 0.0563. The molecule has 1 aliphatic heterocycles. The number of methoxy groups -OCH3 is 1. The molecule has 0 bridgehead atoms. The second kappa shape index (κ2) is 8.18. The average Bonchev–Trinajstić information content (AvgIpc) is 3.24. The van der Waals surface area contributed by atoms with E-state index in [0.29, 0.717) is 36.8 Å². The Morgan fingerprint density at radius 2 is 2.00 bits per heavy atom. The van der Waals surface area contributed by atoms with Crippen LogP contribution >= 0.6 is 0 Å². The molecule has 0 spiro atoms. The standard InChI is InChI=1S/C22H22N4O3/c1-29-20-10-9-17(12-23-20)21(27)24-13-18-15-25-11-5-8-19(25)22(28)26(18)14-16-6-3-2-4-7-16/h2-12,18H,13-15H2,1H3,(H,24,27). The van der Waals surface area contributed by atoms with Crippen LogP contribution in [0.15, 0.2) is 67.0 Å². The zero-order valence-corrected chi connectivity index (χ0v) is 16.1. The molecule has 0 fully saturated rings. The minimum absolute atomic E-state index is 0.0320. The number of rotatable bonds is 6. The van der Waals surface area contributed by atoms with Crippen LogP contribution in [0.25, 0.3) is 0 Å². The third kappa shape index (κ3) is 3.99. The number of fused-ring (bicyclic) bond motifs is 1. The van der Waals surface area contributed by atoms with Crippen LogP contribution in [0.2, 0.25) is 0 Å². The quantitative estimate of drug-likeness (QED) is 0.701. The highest BCUT2D eigenvalue weighted by atomic mass is 16.5. The summed E-state index contributed by atoms with van der Waals surface area (Å²) in [6.07, 6.45) is 3.38. The molecule has 1 aliphatic rings. The fourth-order valence-corrected chi connectivity index (χ4v) is 3.51. The van der Waals surface area contributed by atoms with Crippen LogP contribution in [0.1, 0.15) is 26.4 Å². The van der Waals surface area contributed by atoms with Gasteiger partial charge in [-0.05, 0) is 23.8 Å². The van der Waals surface area contributed by atoms with E-state index in [-0.39, 0.29) is 17.9 Å². The predicted octanol–water partition coefficient (Wildman–Crippen LogP) is 2.35. The zero-order valence-electron chi connectivity index (χ0n) is 16.1. The monoisotopic (exact) mass is 390 g/mol. The van der Waals surface area contributed by atoms with Crippen molar-refractivity contribution in [2.45, 2.75) is 19.1 Å². The van der Waals surface area contributed by atoms with Gasteiger partial charge in [0.05, 0.1) is 18.7 Å². The van der Waals surface area contributed by atoms with Crippen LogP contribution in [0.3, 0.4) is 0 Å². The van der Waals surface area contributed by atoms with E-state index in [1.165, 1.54) is 13.3 Å². The molecule has 0 radical (unpaired) electrons. The van der Waals surface area contributed by atoms with Crippen molar-refractivity contribution >= 4 is 11.8 Å². The number of benzene rings is 1. The summed E-state index contributed by atoms with van der Waals surface area (Å²) in [6.45, 7) is 1.47. The van der Waals surface area contributed by atoms with Crippen molar-refractivity contribution in [3.05, 3.63) is 83.8 Å². The van der Waals surface area contributed by atoms with Gasteiger partial charge in [0.15, 0.2) is 0 Å². The first-order valence-corrected chi connectivity index (χ1v) is 9.44. The molecule has 1 aromatic carbocycles. The molecule has 1 unspecified atom stereocenters. The molecular formula is C22H22N4O3. The lowest BCUT2D eigenvalue weighted by Crippen LogP contribution is -2.52. The lowest BCUT2D eigenvalue weighted by atomic mass is 10.1. The predicted molar refractivity (Wildman–Crippen MR) is 108 cm³/mol. The van der Waals surface area contributed by atoms with Gasteiger partial charge >= 0.3 is 0 Å². The Bertz CT molecular complexity index is 998. The Balaban J connectivity index is 1.50. The third-order valence-corrected chi connectivity index (χ3v) is 5.06. The fourth-order valence-electron chi connectivity index (χ4n) is 3.51. The summed E-state index contributed by atoms with van der Waals surface area (Å²) >= 11 is 0. The number of hydrogen-bond donors (Lipinski definition) is 1. The zero-order chi connectivity index (χ0) is 20.2. The Morgan fingerprint density at radius 3 is 2.72 bits per heavy atom. The van der Waals surface area contributed by atoms with E-state index in [2.05, 4.69) is 10.3 Å². The van der Waals surface area contributed by atoms with Gasteiger partial charge in [0.1, 0.15) is 5.69 Å². The van der Waals surface area contributed by atoms with Crippen LogP contribution in [-0.4, -0.2) is 46.0 Å². The SMILES string of the molecule is COc1ccc(C(=O)NCC2Cn3cccc3C(=O)N2Cc2ccccc2)cn1. The van der Waals surface area contributed by atoms with Gasteiger partial charge in [-0.3, -0.25) is 9.59 Å². The second-order valence-corrected chi connectivity index (χ2v) is 6.92. The maximum atomic E-state index is 13.0. The lowest BCUT2D eigenvalue weighted by Gasteiger charge is -2.37. The first-order valence-electron chi connectivity index (χ1n) is 9.44. The molecule has 2 amide bonds. The number of nitrogens with zero attached hydrogens (tertiary/aromatic N) is 3. The van der Waals surface area contributed by atoms with Crippen LogP contribution in [0.5, 0.6) is 5.88 Å². The molecule has 148 valence electrons. The number of amides is 2. The van der Waals surface area contributed by atoms with Gasteiger partial charge in [0, 0.05) is 38.1 Å². The summed E-state index contributed by atoms with van der Waals surface area (Å²) in [5.74, 6) is 0.189. The molecule has 0 saturated carbocycles. The highest BCUT2D eigenvalue weighted by molar-refractivity contribution is 5.95. The highest BCUT2D eigenvalue weighted by Gasteiger charge is 2.32. The number of hydrogen-bond acceptors (Lipinski definition) is 4. The smallest absolute Gasteiger partial charge is 0.271 e. The molecule has 7 heteroatoms. The van der Waals surface area contributed by atoms with Gasteiger partial charge in [-0.1, -0.05) is 30.3 Å². The molecule has 2 aromatic heterocycles. The number of carbonyl (C=O) groups excluding carboxylic acids is 2. The molecule has 1 N–H and O–H groups in total. The van der Waals surface area contributed by atoms with Gasteiger partial charge in [-0.2, -0.15) is 0 Å². The van der Waals surface area contributed by atoms with E-state index in [1.54, 1.807) is 12.1 Å². The number of pyridine rings is 1. The summed E-state index contributed by atoms with van der Waals surface area (Å²) in [5.41, 5.74) is 2.17. The van der Waals surface area contributed by atoms with E-state index in [0.717, 1.165) is 5.56 Å². The topological polar surface area (TPSA) is 76.5 Å². The normalized spacial score (nSPS) is 15.7. The number of nitrogens with one attached hydrogen (secondary N) is 1. The summed E-state index contributed by atoms with van der Waals surface area (Å²) in [7, 11) is 1.53. The Labute approximate surface area is 168 Å². The summed E-state index contributed by atoms with van der Waals surface area (Å²) in [4.78, 5) is 31.5. The Morgan fingerprint density at radius 1 is 1.17 bits per heavy atom. The average molecular weight is 390 g/mol. The minimum atomic E-state index is -0.231. The third-order valence-electron chi connectivity index (χ3n) is 5.06. The van der Waals surface area contributed by atoms with Crippen LogP contribution in [-0.2, 0) is 13.1 Å². The van der Waals surface area contributed by atoms with E-state index < -0.39 is 0 Å². The fraction of sp³-hybridized carbons (Fsp3) is 0.227. The van der Waals surface area contributed by atoms with Crippen molar-refractivity contribution in [1.82, 2.24) is 19.8 Å². The molecule has 1 atom stereocenters. The highest BCUT2D eigenvalue weighted by Crippen LogP contribution is 2.21. The van der Waals surface area contributed by atoms with Gasteiger partial charge in [0.2, 0.25) is 5.88 Å². The van der Waals surface area contributed by atoms with Crippen molar-refractivity contribution in [1.29, 1.82) is 0 Å². The first kappa shape index (κ1) is 18.7. The maximum absolute atomic E-state index is 13.0. The number of carbonyl (C=O) groups is 2. The molecule has 3 heterocycles. The van der Waals surface area contributed by atoms with E-state index in [9.17, 15) is 9.59 Å². The van der Waals surface area contributed by atoms with Gasteiger partial charge in [-0.25, -0.2) is 4.98 Å². The van der Waals surface area contributed by atoms with Gasteiger partial charge in [-0.15, -0.1) is 0 Å². The Kier molecular flexibility index (Phi) is 5.29. The molecule has 7 nitrogen and oxygen atoms in total. The summed E-state index contributed by atoms with van der Waals surface area (Å²) < 4.78 is 6.96. The maximum Gasteiger partial charge on any atom is 0.271 e. The summed E-state index contributed by atoms with van der Waals surface area (Å²) in [6, 6.07) is 16.7. The molecule has 4 rings (SSSR count). The van der Waals surface area contributed by atoms with Crippen molar-refractivity contribution in [2.24, 2.45) is 0 Å². The van der Waals surface area contributed by atoms with Crippen LogP contribution in [0, 0.1) is 0 Å². The molecule has 29 heavy (non-hydrogen) atoms. The van der Waals surface area contributed by atoms with E-state index in [1.807, 2.05) is 58.1 Å². The van der Waals surface area contributed by atoms with E-state index in [4.69, 9.17) is 4.74 Å². The number of aromatic nitrogens is 2. The van der Waals surface area contributed by atoms with Crippen molar-refractivity contribution in [3.63, 3.8) is 0 Å². The molecule has 0 saturated heterocycles. The largest absolute Gasteiger partial charge is 0.481 e. The summed E-state index contributed by atoms with van der Waals surface area (Å²) in [5, 5.41) is 2.94. The van der Waals surface area contributed by atoms with Crippen LogP contribution in [0.4, 0.5) is 0 Å². The first-order chi connectivity index (χ1) is 14.2. The number of ether oxygens (including phenoxy) is 1. The van der Waals surface area contributed by atoms with Gasteiger partial charge < -0.3 is 19.5 Å². The van der Waals surface area contributed by atoms with Crippen LogP contribution < -0.4 is 10.1 Å². The van der Waals surface area contributed by atoms with Crippen molar-refractivity contribution < 1.29 is 14.3 Å². The molecule has 0 aliphatic carbocycles. The van der Waals surface area contributed by atoms with Crippen molar-refractivity contribution in [2.75, 3.05) is 13.7 Å². The van der Waals surface area contributed by atoms with E-state index >= 15 is 0 Å². The molecule has 3 aromatic rings. The minimum Gasteiger partial charge on any atom is -0.481 e. The van der Waals surface area contributed by atoms with Crippen molar-refractivity contribution in [3.8, 4) is 5.88 Å². The van der Waals surface area contributed by atoms with Gasteiger partial charge in [0.25, 0.3) is 11.8 Å². The Hall–Kier alpha value is -3.61. The molecular weight excluding hydrogens is 368 g/mol.